The molecule has 27 heavy (non-hydrogen) atoms. The van der Waals surface area contributed by atoms with Gasteiger partial charge in [-0.25, -0.2) is 22.9 Å². The Hall–Kier alpha value is -2.52. The highest BCUT2D eigenvalue weighted by Crippen LogP contribution is 2.32. The highest BCUT2D eigenvalue weighted by molar-refractivity contribution is 7.92. The molecule has 0 saturated heterocycles. The number of benzene rings is 1. The number of nitrogens with two attached hydrogens (primary N) is 1. The lowest BCUT2D eigenvalue weighted by atomic mass is 9.97. The number of hydrogen-bond donors (Lipinski definition) is 2. The number of hydrogen-bond acceptors (Lipinski definition) is 7. The summed E-state index contributed by atoms with van der Waals surface area (Å²) in [5.74, 6) is 0.258. The van der Waals surface area contributed by atoms with Crippen LogP contribution in [-0.4, -0.2) is 44.5 Å². The van der Waals surface area contributed by atoms with Crippen LogP contribution >= 0.6 is 0 Å². The number of aliphatic hydroxyl groups is 1. The van der Waals surface area contributed by atoms with Gasteiger partial charge >= 0.3 is 0 Å². The fourth-order valence-corrected chi connectivity index (χ4v) is 5.54. The number of aromatic nitrogens is 4. The fraction of sp³-hybridized carbons (Fsp3) is 0.389. The molecule has 0 amide bonds. The molecule has 3 aromatic rings. The van der Waals surface area contributed by atoms with Crippen molar-refractivity contribution in [3.63, 3.8) is 0 Å². The Morgan fingerprint density at radius 1 is 1.26 bits per heavy atom. The molecule has 142 valence electrons. The summed E-state index contributed by atoms with van der Waals surface area (Å²) in [6, 6.07) is 5.07. The van der Waals surface area contributed by atoms with Crippen LogP contribution < -0.4 is 5.73 Å². The number of anilines is 1. The number of imidazole rings is 1. The summed E-state index contributed by atoms with van der Waals surface area (Å²) in [7, 11) is -3.53. The monoisotopic (exact) mass is 387 g/mol. The third-order valence-corrected chi connectivity index (χ3v) is 7.40. The number of nitrogen functional groups attached to an aromatic ring is 1. The first-order valence-electron chi connectivity index (χ1n) is 8.85. The molecule has 0 spiro atoms. The molecule has 0 bridgehead atoms. The van der Waals surface area contributed by atoms with E-state index in [2.05, 4.69) is 15.1 Å². The van der Waals surface area contributed by atoms with E-state index in [4.69, 9.17) is 5.73 Å². The molecule has 2 heterocycles. The summed E-state index contributed by atoms with van der Waals surface area (Å²) in [5.41, 5.74) is 8.54. The molecular formula is C18H21N5O3S. The van der Waals surface area contributed by atoms with Crippen LogP contribution in [-0.2, 0) is 9.84 Å². The molecule has 0 aliphatic heterocycles. The highest BCUT2D eigenvalue weighted by Gasteiger charge is 2.32. The van der Waals surface area contributed by atoms with Crippen molar-refractivity contribution in [1.29, 1.82) is 0 Å². The van der Waals surface area contributed by atoms with E-state index in [1.807, 2.05) is 6.92 Å². The van der Waals surface area contributed by atoms with E-state index in [9.17, 15) is 13.5 Å². The van der Waals surface area contributed by atoms with Crippen LogP contribution in [0, 0.1) is 6.92 Å². The molecule has 2 atom stereocenters. The number of aryl methyl sites for hydroxylation is 1. The lowest BCUT2D eigenvalue weighted by Gasteiger charge is -2.26. The van der Waals surface area contributed by atoms with Crippen molar-refractivity contribution >= 4 is 21.3 Å². The van der Waals surface area contributed by atoms with Gasteiger partial charge in [0, 0.05) is 5.56 Å². The lowest BCUT2D eigenvalue weighted by Crippen LogP contribution is -2.30. The summed E-state index contributed by atoms with van der Waals surface area (Å²) < 4.78 is 27.8. The second kappa shape index (κ2) is 6.58. The molecule has 8 nitrogen and oxygen atoms in total. The van der Waals surface area contributed by atoms with E-state index in [0.717, 1.165) is 11.1 Å². The molecule has 1 aliphatic carbocycles. The zero-order valence-electron chi connectivity index (χ0n) is 14.9. The van der Waals surface area contributed by atoms with Crippen molar-refractivity contribution in [2.45, 2.75) is 48.9 Å². The highest BCUT2D eigenvalue weighted by atomic mass is 32.2. The Morgan fingerprint density at radius 3 is 2.85 bits per heavy atom. The van der Waals surface area contributed by atoms with Gasteiger partial charge < -0.3 is 10.8 Å². The SMILES string of the molecule is Cc1ccc(S(=O)(=O)[C@@H]2CCC[C@H](O)C2)cc1-c1cnc2c(N)ncnn12. The number of sulfone groups is 1. The average Bonchev–Trinajstić information content (AvgIpc) is 3.07. The van der Waals surface area contributed by atoms with E-state index in [1.165, 1.54) is 6.33 Å². The molecule has 1 aliphatic rings. The van der Waals surface area contributed by atoms with Crippen molar-refractivity contribution in [2.24, 2.45) is 0 Å². The van der Waals surface area contributed by atoms with Crippen LogP contribution in [0.1, 0.15) is 31.2 Å². The van der Waals surface area contributed by atoms with E-state index in [-0.39, 0.29) is 17.1 Å². The maximum atomic E-state index is 13.1. The van der Waals surface area contributed by atoms with Crippen LogP contribution in [0.5, 0.6) is 0 Å². The van der Waals surface area contributed by atoms with Gasteiger partial charge in [-0.2, -0.15) is 5.10 Å². The summed E-state index contributed by atoms with van der Waals surface area (Å²) in [4.78, 5) is 8.43. The van der Waals surface area contributed by atoms with Crippen LogP contribution in [0.3, 0.4) is 0 Å². The minimum absolute atomic E-state index is 0.249. The molecule has 0 radical (unpaired) electrons. The standard InChI is InChI=1S/C18H21N5O3S/c1-11-5-6-14(27(25,26)13-4-2-3-12(24)7-13)8-15(11)16-9-20-18-17(19)21-10-22-23(16)18/h5-6,8-10,12-13,24H,2-4,7H2,1H3,(H2,19,21,22)/t12-,13+/m0/s1. The zero-order valence-corrected chi connectivity index (χ0v) is 15.7. The Kier molecular flexibility index (Phi) is 4.35. The van der Waals surface area contributed by atoms with E-state index < -0.39 is 21.2 Å². The van der Waals surface area contributed by atoms with Crippen molar-refractivity contribution in [3.05, 3.63) is 36.3 Å². The second-order valence-electron chi connectivity index (χ2n) is 6.99. The van der Waals surface area contributed by atoms with Crippen molar-refractivity contribution < 1.29 is 13.5 Å². The van der Waals surface area contributed by atoms with Gasteiger partial charge in [0.05, 0.1) is 28.1 Å². The number of rotatable bonds is 3. The Morgan fingerprint density at radius 2 is 2.07 bits per heavy atom. The predicted octanol–water partition coefficient (Wildman–Crippen LogP) is 1.76. The first kappa shape index (κ1) is 17.9. The normalized spacial score (nSPS) is 20.8. The van der Waals surface area contributed by atoms with Crippen LogP contribution in [0.25, 0.3) is 16.9 Å². The van der Waals surface area contributed by atoms with Gasteiger partial charge in [-0.1, -0.05) is 6.07 Å². The van der Waals surface area contributed by atoms with Gasteiger partial charge in [0.1, 0.15) is 6.33 Å². The van der Waals surface area contributed by atoms with Gasteiger partial charge in [0.25, 0.3) is 0 Å². The second-order valence-corrected chi connectivity index (χ2v) is 9.22. The molecule has 2 aromatic heterocycles. The molecule has 1 saturated carbocycles. The van der Waals surface area contributed by atoms with Gasteiger partial charge in [-0.3, -0.25) is 0 Å². The largest absolute Gasteiger partial charge is 0.393 e. The Balaban J connectivity index is 1.81. The van der Waals surface area contributed by atoms with E-state index >= 15 is 0 Å². The molecular weight excluding hydrogens is 366 g/mol. The molecule has 4 rings (SSSR count). The quantitative estimate of drug-likeness (QED) is 0.702. The molecule has 9 heteroatoms. The van der Waals surface area contributed by atoms with Crippen LogP contribution in [0.2, 0.25) is 0 Å². The van der Waals surface area contributed by atoms with Crippen molar-refractivity contribution in [2.75, 3.05) is 5.73 Å². The third-order valence-electron chi connectivity index (χ3n) is 5.18. The molecule has 3 N–H and O–H groups in total. The van der Waals surface area contributed by atoms with E-state index in [1.54, 1.807) is 28.9 Å². The topological polar surface area (TPSA) is 123 Å². The zero-order chi connectivity index (χ0) is 19.2. The van der Waals surface area contributed by atoms with E-state index in [0.29, 0.717) is 30.6 Å². The van der Waals surface area contributed by atoms with Crippen LogP contribution in [0.4, 0.5) is 5.82 Å². The summed E-state index contributed by atoms with van der Waals surface area (Å²) >= 11 is 0. The number of nitrogens with zero attached hydrogens (tertiary/aromatic N) is 4. The summed E-state index contributed by atoms with van der Waals surface area (Å²) in [6.07, 6.45) is 4.63. The fourth-order valence-electron chi connectivity index (χ4n) is 3.67. The Labute approximate surface area is 157 Å². The number of fused-ring (bicyclic) bond motifs is 1. The summed E-state index contributed by atoms with van der Waals surface area (Å²) in [6.45, 7) is 1.90. The molecule has 0 unspecified atom stereocenters. The van der Waals surface area contributed by atoms with Crippen molar-refractivity contribution in [3.8, 4) is 11.3 Å². The minimum Gasteiger partial charge on any atom is -0.393 e. The van der Waals surface area contributed by atoms with Gasteiger partial charge in [0.2, 0.25) is 0 Å². The summed E-state index contributed by atoms with van der Waals surface area (Å²) in [5, 5.41) is 13.5. The third kappa shape index (κ3) is 3.06. The maximum Gasteiger partial charge on any atom is 0.197 e. The van der Waals surface area contributed by atoms with Gasteiger partial charge in [-0.05, 0) is 50.3 Å². The predicted molar refractivity (Wildman–Crippen MR) is 101 cm³/mol. The first-order valence-corrected chi connectivity index (χ1v) is 10.4. The molecule has 1 fully saturated rings. The van der Waals surface area contributed by atoms with Gasteiger partial charge in [0.15, 0.2) is 21.3 Å². The maximum absolute atomic E-state index is 13.1. The smallest absolute Gasteiger partial charge is 0.197 e. The Bertz CT molecular complexity index is 1110. The van der Waals surface area contributed by atoms with Crippen LogP contribution in [0.15, 0.2) is 35.6 Å². The van der Waals surface area contributed by atoms with Crippen molar-refractivity contribution in [1.82, 2.24) is 19.6 Å². The molecule has 1 aromatic carbocycles. The minimum atomic E-state index is -3.53. The average molecular weight is 387 g/mol. The lowest BCUT2D eigenvalue weighted by molar-refractivity contribution is 0.131. The van der Waals surface area contributed by atoms with Gasteiger partial charge in [-0.15, -0.1) is 0 Å². The first-order chi connectivity index (χ1) is 12.9. The number of aliphatic hydroxyl groups excluding tert-OH is 1.